The Hall–Kier alpha value is -0.680. The molecule has 1 N–H and O–H groups in total. The summed E-state index contributed by atoms with van der Waals surface area (Å²) >= 11 is 1.46. The van der Waals surface area contributed by atoms with Gasteiger partial charge >= 0.3 is 0 Å². The van der Waals surface area contributed by atoms with E-state index < -0.39 is 0 Å². The molecule has 1 aromatic rings. The maximum atomic E-state index is 4.23. The Morgan fingerprint density at radius 2 is 2.06 bits per heavy atom. The molecule has 1 aromatic heterocycles. The van der Waals surface area contributed by atoms with Gasteiger partial charge in [0.25, 0.3) is 0 Å². The standard InChI is InChI=1S/C13H26N4S/c1-6-7-14-13-12(15-16-18-13)9-17(5)11(4)8-10(2)3/h10-11,14H,6-9H2,1-5H3. The van der Waals surface area contributed by atoms with Crippen LogP contribution >= 0.6 is 11.5 Å². The minimum atomic E-state index is 0.575. The number of hydrogen-bond acceptors (Lipinski definition) is 5. The topological polar surface area (TPSA) is 41.1 Å². The van der Waals surface area contributed by atoms with Crippen molar-refractivity contribution in [2.24, 2.45) is 5.92 Å². The SMILES string of the molecule is CCCNc1snnc1CN(C)C(C)CC(C)C. The van der Waals surface area contributed by atoms with Crippen LogP contribution in [0.1, 0.15) is 46.2 Å². The summed E-state index contributed by atoms with van der Waals surface area (Å²) in [5.74, 6) is 0.730. The highest BCUT2D eigenvalue weighted by Gasteiger charge is 2.15. The first-order chi connectivity index (χ1) is 8.54. The Kier molecular flexibility index (Phi) is 6.57. The van der Waals surface area contributed by atoms with Gasteiger partial charge in [0.05, 0.1) is 0 Å². The van der Waals surface area contributed by atoms with E-state index in [4.69, 9.17) is 0 Å². The Bertz CT molecular complexity index is 337. The summed E-state index contributed by atoms with van der Waals surface area (Å²) in [6.07, 6.45) is 2.34. The van der Waals surface area contributed by atoms with E-state index >= 15 is 0 Å². The number of anilines is 1. The number of rotatable bonds is 8. The van der Waals surface area contributed by atoms with Crippen molar-refractivity contribution in [2.75, 3.05) is 18.9 Å². The average Bonchev–Trinajstić information content (AvgIpc) is 2.72. The molecule has 0 spiro atoms. The largest absolute Gasteiger partial charge is 0.374 e. The molecule has 1 rings (SSSR count). The molecule has 0 amide bonds. The van der Waals surface area contributed by atoms with Crippen molar-refractivity contribution in [3.8, 4) is 0 Å². The van der Waals surface area contributed by atoms with Gasteiger partial charge < -0.3 is 5.32 Å². The van der Waals surface area contributed by atoms with Crippen LogP contribution in [0, 0.1) is 5.92 Å². The maximum absolute atomic E-state index is 4.23. The van der Waals surface area contributed by atoms with E-state index in [1.807, 2.05) is 0 Å². The monoisotopic (exact) mass is 270 g/mol. The second-order valence-electron chi connectivity index (χ2n) is 5.37. The molecule has 1 unspecified atom stereocenters. The van der Waals surface area contributed by atoms with Crippen LogP contribution in [-0.2, 0) is 6.54 Å². The third-order valence-electron chi connectivity index (χ3n) is 3.06. The predicted molar refractivity (Wildman–Crippen MR) is 79.1 cm³/mol. The van der Waals surface area contributed by atoms with Crippen molar-refractivity contribution in [1.82, 2.24) is 14.5 Å². The summed E-state index contributed by atoms with van der Waals surface area (Å²) in [7, 11) is 2.16. The maximum Gasteiger partial charge on any atom is 0.134 e. The fourth-order valence-electron chi connectivity index (χ4n) is 1.94. The molecule has 0 saturated carbocycles. The Balaban J connectivity index is 2.53. The van der Waals surface area contributed by atoms with Crippen molar-refractivity contribution >= 4 is 16.5 Å². The quantitative estimate of drug-likeness (QED) is 0.787. The second-order valence-corrected chi connectivity index (χ2v) is 6.12. The molecule has 1 heterocycles. The van der Waals surface area contributed by atoms with Crippen LogP contribution in [0.5, 0.6) is 0 Å². The molecule has 0 radical (unpaired) electrons. The lowest BCUT2D eigenvalue weighted by molar-refractivity contribution is 0.218. The van der Waals surface area contributed by atoms with Gasteiger partial charge in [-0.2, -0.15) is 0 Å². The lowest BCUT2D eigenvalue weighted by Crippen LogP contribution is -2.30. The molecule has 104 valence electrons. The zero-order valence-electron chi connectivity index (χ0n) is 12.2. The zero-order valence-corrected chi connectivity index (χ0v) is 13.0. The molecule has 1 atom stereocenters. The van der Waals surface area contributed by atoms with Crippen LogP contribution in [0.25, 0.3) is 0 Å². The molecule has 0 fully saturated rings. The van der Waals surface area contributed by atoms with Crippen molar-refractivity contribution in [3.63, 3.8) is 0 Å². The summed E-state index contributed by atoms with van der Waals surface area (Å²) in [4.78, 5) is 2.36. The summed E-state index contributed by atoms with van der Waals surface area (Å²) in [6.45, 7) is 10.8. The fourth-order valence-corrected chi connectivity index (χ4v) is 2.54. The number of nitrogens with zero attached hydrogens (tertiary/aromatic N) is 3. The van der Waals surface area contributed by atoms with Crippen molar-refractivity contribution in [3.05, 3.63) is 5.69 Å². The smallest absolute Gasteiger partial charge is 0.134 e. The van der Waals surface area contributed by atoms with Gasteiger partial charge in [-0.3, -0.25) is 4.90 Å². The van der Waals surface area contributed by atoms with Gasteiger partial charge in [-0.05, 0) is 32.7 Å². The highest BCUT2D eigenvalue weighted by atomic mass is 32.1. The van der Waals surface area contributed by atoms with Crippen LogP contribution < -0.4 is 5.32 Å². The molecule has 4 nitrogen and oxygen atoms in total. The minimum Gasteiger partial charge on any atom is -0.374 e. The summed E-state index contributed by atoms with van der Waals surface area (Å²) in [5.41, 5.74) is 1.08. The molecule has 0 aliphatic rings. The normalized spacial score (nSPS) is 13.3. The van der Waals surface area contributed by atoms with Gasteiger partial charge in [0.15, 0.2) is 0 Å². The molecule has 0 aliphatic carbocycles. The van der Waals surface area contributed by atoms with Gasteiger partial charge in [-0.25, -0.2) is 0 Å². The predicted octanol–water partition coefficient (Wildman–Crippen LogP) is 3.23. The molecular formula is C13H26N4S. The van der Waals surface area contributed by atoms with Crippen molar-refractivity contribution in [1.29, 1.82) is 0 Å². The molecule has 0 saturated heterocycles. The van der Waals surface area contributed by atoms with Crippen molar-refractivity contribution < 1.29 is 0 Å². The first kappa shape index (κ1) is 15.4. The Morgan fingerprint density at radius 3 is 2.67 bits per heavy atom. The summed E-state index contributed by atoms with van der Waals surface area (Å²) < 4.78 is 4.05. The van der Waals surface area contributed by atoms with Crippen LogP contribution in [-0.4, -0.2) is 34.1 Å². The molecule has 0 aromatic carbocycles. The van der Waals surface area contributed by atoms with Gasteiger partial charge in [-0.15, -0.1) is 5.10 Å². The van der Waals surface area contributed by atoms with E-state index in [0.717, 1.165) is 36.1 Å². The van der Waals surface area contributed by atoms with Crippen LogP contribution in [0.4, 0.5) is 5.00 Å². The van der Waals surface area contributed by atoms with E-state index in [0.29, 0.717) is 6.04 Å². The lowest BCUT2D eigenvalue weighted by Gasteiger charge is -2.25. The fraction of sp³-hybridized carbons (Fsp3) is 0.846. The van der Waals surface area contributed by atoms with E-state index in [2.05, 4.69) is 54.5 Å². The second kappa shape index (κ2) is 7.69. The molecular weight excluding hydrogens is 244 g/mol. The highest BCUT2D eigenvalue weighted by Crippen LogP contribution is 2.20. The van der Waals surface area contributed by atoms with E-state index in [1.54, 1.807) is 0 Å². The third-order valence-corrected chi connectivity index (χ3v) is 3.78. The average molecular weight is 270 g/mol. The number of nitrogens with one attached hydrogen (secondary N) is 1. The third kappa shape index (κ3) is 4.90. The van der Waals surface area contributed by atoms with E-state index in [1.165, 1.54) is 18.0 Å². The first-order valence-corrected chi connectivity index (χ1v) is 7.57. The van der Waals surface area contributed by atoms with E-state index in [-0.39, 0.29) is 0 Å². The van der Waals surface area contributed by atoms with Gasteiger partial charge in [0.2, 0.25) is 0 Å². The Morgan fingerprint density at radius 1 is 1.33 bits per heavy atom. The molecule has 0 aliphatic heterocycles. The van der Waals surface area contributed by atoms with Crippen LogP contribution in [0.2, 0.25) is 0 Å². The Labute approximate surface area is 115 Å². The number of hydrogen-bond donors (Lipinski definition) is 1. The molecule has 18 heavy (non-hydrogen) atoms. The van der Waals surface area contributed by atoms with Gasteiger partial charge in [0.1, 0.15) is 10.7 Å². The summed E-state index contributed by atoms with van der Waals surface area (Å²) in [6, 6.07) is 0.575. The van der Waals surface area contributed by atoms with Gasteiger partial charge in [0, 0.05) is 30.7 Å². The zero-order chi connectivity index (χ0) is 13.5. The van der Waals surface area contributed by atoms with Crippen LogP contribution in [0.3, 0.4) is 0 Å². The minimum absolute atomic E-state index is 0.575. The summed E-state index contributed by atoms with van der Waals surface area (Å²) in [5, 5.41) is 8.76. The molecule has 0 bridgehead atoms. The number of aromatic nitrogens is 2. The first-order valence-electron chi connectivity index (χ1n) is 6.79. The van der Waals surface area contributed by atoms with Crippen molar-refractivity contribution in [2.45, 2.75) is 53.1 Å². The van der Waals surface area contributed by atoms with E-state index in [9.17, 15) is 0 Å². The highest BCUT2D eigenvalue weighted by molar-refractivity contribution is 7.10. The molecule has 5 heteroatoms. The van der Waals surface area contributed by atoms with Gasteiger partial charge in [-0.1, -0.05) is 25.3 Å². The van der Waals surface area contributed by atoms with Crippen LogP contribution in [0.15, 0.2) is 0 Å². The lowest BCUT2D eigenvalue weighted by atomic mass is 10.0.